The summed E-state index contributed by atoms with van der Waals surface area (Å²) in [6.07, 6.45) is 2.19. The Hall–Kier alpha value is -3.09. The second-order valence-corrected chi connectivity index (χ2v) is 9.48. The molecule has 1 aromatic carbocycles. The highest BCUT2D eigenvalue weighted by Gasteiger charge is 2.34. The molecular weight excluding hydrogens is 452 g/mol. The zero-order valence-electron chi connectivity index (χ0n) is 18.4. The van der Waals surface area contributed by atoms with Crippen LogP contribution in [0, 0.1) is 23.0 Å². The fourth-order valence-electron chi connectivity index (χ4n) is 3.54. The van der Waals surface area contributed by atoms with Crippen LogP contribution in [0.1, 0.15) is 18.4 Å². The van der Waals surface area contributed by atoms with Crippen molar-refractivity contribution >= 4 is 27.3 Å². The molecule has 12 heteroatoms. The minimum atomic E-state index is -3.92. The van der Waals surface area contributed by atoms with E-state index >= 15 is 0 Å². The summed E-state index contributed by atoms with van der Waals surface area (Å²) >= 11 is 0. The van der Waals surface area contributed by atoms with E-state index < -0.39 is 20.9 Å². The second-order valence-electron chi connectivity index (χ2n) is 7.57. The van der Waals surface area contributed by atoms with E-state index in [1.807, 2.05) is 0 Å². The maximum atomic E-state index is 13.1. The number of aryl methyl sites for hydroxylation is 1. The number of ether oxygens (including phenoxy) is 2. The van der Waals surface area contributed by atoms with Crippen LogP contribution in [-0.2, 0) is 19.6 Å². The van der Waals surface area contributed by atoms with E-state index in [9.17, 15) is 23.3 Å². The molecule has 3 rings (SSSR count). The normalized spacial score (nSPS) is 15.2. The van der Waals surface area contributed by atoms with E-state index in [0.29, 0.717) is 30.7 Å². The number of anilines is 1. The number of piperidine rings is 1. The molecule has 1 saturated heterocycles. The summed E-state index contributed by atoms with van der Waals surface area (Å²) in [5.74, 6) is -0.359. The smallest absolute Gasteiger partial charge is 0.270 e. The lowest BCUT2D eigenvalue weighted by molar-refractivity contribution is -0.385. The lowest BCUT2D eigenvalue weighted by Crippen LogP contribution is -2.41. The van der Waals surface area contributed by atoms with Crippen LogP contribution in [0.25, 0.3) is 0 Å². The van der Waals surface area contributed by atoms with Crippen molar-refractivity contribution in [2.24, 2.45) is 5.92 Å². The molecule has 1 aromatic heterocycles. The Kier molecular flexibility index (Phi) is 7.95. The third kappa shape index (κ3) is 5.83. The number of nitro benzene ring substituents is 1. The number of nitro groups is 1. The van der Waals surface area contributed by atoms with E-state index in [1.54, 1.807) is 32.4 Å². The highest BCUT2D eigenvalue weighted by Crippen LogP contribution is 2.29. The predicted octanol–water partition coefficient (Wildman–Crippen LogP) is 2.36. The lowest BCUT2D eigenvalue weighted by Gasteiger charge is -2.31. The number of sulfonamides is 1. The summed E-state index contributed by atoms with van der Waals surface area (Å²) in [5.41, 5.74) is 0.576. The Morgan fingerprint density at radius 3 is 2.67 bits per heavy atom. The molecule has 33 heavy (non-hydrogen) atoms. The molecule has 0 bridgehead atoms. The summed E-state index contributed by atoms with van der Waals surface area (Å²) in [7, 11) is -2.37. The third-order valence-electron chi connectivity index (χ3n) is 5.38. The molecule has 0 radical (unpaired) electrons. The van der Waals surface area contributed by atoms with Gasteiger partial charge in [-0.1, -0.05) is 6.07 Å². The lowest BCUT2D eigenvalue weighted by atomic mass is 9.97. The van der Waals surface area contributed by atoms with E-state index in [4.69, 9.17) is 9.47 Å². The van der Waals surface area contributed by atoms with Gasteiger partial charge in [0.05, 0.1) is 16.4 Å². The highest BCUT2D eigenvalue weighted by molar-refractivity contribution is 7.89. The monoisotopic (exact) mass is 478 g/mol. The number of aromatic nitrogens is 1. The number of methoxy groups -OCH3 is 1. The molecule has 0 aliphatic carbocycles. The molecule has 1 aliphatic rings. The number of non-ortho nitro benzene ring substituents is 1. The van der Waals surface area contributed by atoms with Crippen molar-refractivity contribution in [2.45, 2.75) is 24.7 Å². The van der Waals surface area contributed by atoms with Crippen molar-refractivity contribution in [1.82, 2.24) is 9.29 Å². The van der Waals surface area contributed by atoms with Gasteiger partial charge in [0.2, 0.25) is 21.8 Å². The first kappa shape index (κ1) is 24.6. The molecule has 0 spiro atoms. The molecule has 1 N–H and O–H groups in total. The van der Waals surface area contributed by atoms with Crippen molar-refractivity contribution in [3.63, 3.8) is 0 Å². The number of hydrogen-bond acceptors (Lipinski definition) is 8. The maximum absolute atomic E-state index is 13.1. The van der Waals surface area contributed by atoms with E-state index in [-0.39, 0.29) is 42.1 Å². The van der Waals surface area contributed by atoms with Gasteiger partial charge in [-0.15, -0.1) is 0 Å². The molecule has 0 unspecified atom stereocenters. The van der Waals surface area contributed by atoms with E-state index in [1.165, 1.54) is 16.4 Å². The minimum Gasteiger partial charge on any atom is -0.474 e. The zero-order valence-corrected chi connectivity index (χ0v) is 19.2. The molecule has 1 aliphatic heterocycles. The van der Waals surface area contributed by atoms with Crippen LogP contribution in [-0.4, -0.2) is 62.0 Å². The first-order chi connectivity index (χ1) is 15.7. The quantitative estimate of drug-likeness (QED) is 0.329. The molecule has 11 nitrogen and oxygen atoms in total. The number of hydrogen-bond donors (Lipinski definition) is 1. The van der Waals surface area contributed by atoms with Gasteiger partial charge in [0.25, 0.3) is 5.69 Å². The number of carbonyl (C=O) groups is 1. The van der Waals surface area contributed by atoms with Crippen LogP contribution in [0.2, 0.25) is 0 Å². The van der Waals surface area contributed by atoms with Crippen LogP contribution in [0.4, 0.5) is 11.4 Å². The summed E-state index contributed by atoms with van der Waals surface area (Å²) in [6.45, 7) is 2.52. The van der Waals surface area contributed by atoms with Gasteiger partial charge >= 0.3 is 0 Å². The van der Waals surface area contributed by atoms with Gasteiger partial charge < -0.3 is 14.8 Å². The number of benzene rings is 1. The van der Waals surface area contributed by atoms with Crippen LogP contribution in [0.5, 0.6) is 5.88 Å². The van der Waals surface area contributed by atoms with Crippen molar-refractivity contribution in [3.05, 3.63) is 52.2 Å². The standard InChI is InChI=1S/C21H26N4O7S/c1-15-5-6-17(25(27)28)14-19(15)33(29,30)24-10-7-16(8-11-24)20(26)23-18-4-3-9-22-21(18)32-13-12-31-2/h3-6,9,14,16H,7-8,10-13H2,1-2H3,(H,23,26). The first-order valence-electron chi connectivity index (χ1n) is 10.4. The summed E-state index contributed by atoms with van der Waals surface area (Å²) in [6, 6.07) is 7.13. The average molecular weight is 479 g/mol. The predicted molar refractivity (Wildman–Crippen MR) is 120 cm³/mol. The Morgan fingerprint density at radius 2 is 2.00 bits per heavy atom. The van der Waals surface area contributed by atoms with Gasteiger partial charge in [0.1, 0.15) is 12.3 Å². The molecule has 0 atom stereocenters. The van der Waals surface area contributed by atoms with Gasteiger partial charge in [0.15, 0.2) is 0 Å². The van der Waals surface area contributed by atoms with Crippen LogP contribution < -0.4 is 10.1 Å². The molecule has 1 amide bonds. The average Bonchev–Trinajstić information content (AvgIpc) is 2.80. The Labute approximate surface area is 191 Å². The number of pyridine rings is 1. The van der Waals surface area contributed by atoms with Crippen LogP contribution in [0.15, 0.2) is 41.4 Å². The molecule has 2 heterocycles. The molecule has 2 aromatic rings. The Balaban J connectivity index is 1.65. The SMILES string of the molecule is COCCOc1ncccc1NC(=O)C1CCN(S(=O)(=O)c2cc([N+](=O)[O-])ccc2C)CC1. The highest BCUT2D eigenvalue weighted by atomic mass is 32.2. The second kappa shape index (κ2) is 10.7. The summed E-state index contributed by atoms with van der Waals surface area (Å²) in [4.78, 5) is 27.3. The molecule has 178 valence electrons. The third-order valence-corrected chi connectivity index (χ3v) is 7.42. The number of amides is 1. The van der Waals surface area contributed by atoms with E-state index in [0.717, 1.165) is 6.07 Å². The number of rotatable bonds is 9. The van der Waals surface area contributed by atoms with Crippen molar-refractivity contribution < 1.29 is 27.6 Å². The van der Waals surface area contributed by atoms with Gasteiger partial charge in [-0.3, -0.25) is 14.9 Å². The van der Waals surface area contributed by atoms with E-state index in [2.05, 4.69) is 10.3 Å². The van der Waals surface area contributed by atoms with Gasteiger partial charge in [-0.05, 0) is 37.5 Å². The molecular formula is C21H26N4O7S. The maximum Gasteiger partial charge on any atom is 0.270 e. The first-order valence-corrected chi connectivity index (χ1v) is 11.8. The Morgan fingerprint density at radius 1 is 1.27 bits per heavy atom. The summed E-state index contributed by atoms with van der Waals surface area (Å²) in [5, 5.41) is 13.9. The van der Waals surface area contributed by atoms with Gasteiger partial charge in [0, 0.05) is 44.4 Å². The van der Waals surface area contributed by atoms with Crippen molar-refractivity contribution in [2.75, 3.05) is 38.7 Å². The summed E-state index contributed by atoms with van der Waals surface area (Å²) < 4.78 is 37.9. The number of carbonyl (C=O) groups excluding carboxylic acids is 1. The van der Waals surface area contributed by atoms with Crippen molar-refractivity contribution in [1.29, 1.82) is 0 Å². The minimum absolute atomic E-state index is 0.0900. The van der Waals surface area contributed by atoms with Crippen molar-refractivity contribution in [3.8, 4) is 5.88 Å². The topological polar surface area (TPSA) is 141 Å². The molecule has 1 fully saturated rings. The van der Waals surface area contributed by atoms with Crippen LogP contribution >= 0.6 is 0 Å². The number of nitrogens with zero attached hydrogens (tertiary/aromatic N) is 3. The zero-order chi connectivity index (χ0) is 24.0. The fraction of sp³-hybridized carbons (Fsp3) is 0.429. The largest absolute Gasteiger partial charge is 0.474 e. The fourth-order valence-corrected chi connectivity index (χ4v) is 5.25. The van der Waals surface area contributed by atoms with Gasteiger partial charge in [-0.2, -0.15) is 4.31 Å². The van der Waals surface area contributed by atoms with Gasteiger partial charge in [-0.25, -0.2) is 13.4 Å². The number of nitrogens with one attached hydrogen (secondary N) is 1. The molecule has 0 saturated carbocycles. The van der Waals surface area contributed by atoms with Crippen LogP contribution in [0.3, 0.4) is 0 Å². The Bertz CT molecular complexity index is 1120.